The standard InChI is InChI=1S/C8H12N2O3/c11-8(12)10-4-1-2-6(10)7-9-3-5-13-7/h6H,1-5H2,(H,11,12)/t6-/m0/s1. The minimum atomic E-state index is -0.874. The number of hydrogen-bond donors (Lipinski definition) is 1. The third kappa shape index (κ3) is 1.46. The zero-order valence-electron chi connectivity index (χ0n) is 7.27. The normalized spacial score (nSPS) is 27.2. The number of likely N-dealkylation sites (tertiary alicyclic amines) is 1. The number of amides is 1. The van der Waals surface area contributed by atoms with Crippen LogP contribution in [-0.2, 0) is 4.74 Å². The van der Waals surface area contributed by atoms with Gasteiger partial charge in [0.2, 0.25) is 5.90 Å². The Bertz CT molecular complexity index is 252. The molecule has 1 saturated heterocycles. The maximum absolute atomic E-state index is 10.8. The van der Waals surface area contributed by atoms with Crippen molar-refractivity contribution in [1.82, 2.24) is 4.90 Å². The van der Waals surface area contributed by atoms with Gasteiger partial charge in [-0.25, -0.2) is 4.79 Å². The Morgan fingerprint density at radius 1 is 1.69 bits per heavy atom. The summed E-state index contributed by atoms with van der Waals surface area (Å²) in [6, 6.07) is -0.125. The Morgan fingerprint density at radius 2 is 2.54 bits per heavy atom. The van der Waals surface area contributed by atoms with Gasteiger partial charge >= 0.3 is 6.09 Å². The zero-order chi connectivity index (χ0) is 9.26. The first-order valence-electron chi connectivity index (χ1n) is 4.46. The topological polar surface area (TPSA) is 62.1 Å². The van der Waals surface area contributed by atoms with Crippen molar-refractivity contribution in [2.75, 3.05) is 19.7 Å². The summed E-state index contributed by atoms with van der Waals surface area (Å²) in [5.41, 5.74) is 0. The lowest BCUT2D eigenvalue weighted by atomic mass is 10.2. The van der Waals surface area contributed by atoms with Crippen LogP contribution in [-0.4, -0.2) is 47.7 Å². The maximum Gasteiger partial charge on any atom is 0.407 e. The van der Waals surface area contributed by atoms with Crippen molar-refractivity contribution in [3.8, 4) is 0 Å². The fourth-order valence-electron chi connectivity index (χ4n) is 1.81. The minimum absolute atomic E-state index is 0.125. The van der Waals surface area contributed by atoms with Gasteiger partial charge in [0.1, 0.15) is 12.6 Å². The SMILES string of the molecule is O=C(O)N1CCC[C@H]1C1=NCCO1. The van der Waals surface area contributed by atoms with Crippen LogP contribution in [0.4, 0.5) is 4.79 Å². The Balaban J connectivity index is 2.08. The van der Waals surface area contributed by atoms with E-state index in [4.69, 9.17) is 9.84 Å². The molecule has 0 bridgehead atoms. The molecule has 0 unspecified atom stereocenters. The molecule has 2 aliphatic heterocycles. The largest absolute Gasteiger partial charge is 0.478 e. The van der Waals surface area contributed by atoms with Crippen LogP contribution in [0.25, 0.3) is 0 Å². The summed E-state index contributed by atoms with van der Waals surface area (Å²) in [5, 5.41) is 8.86. The number of aliphatic imine (C=N–C) groups is 1. The first-order valence-corrected chi connectivity index (χ1v) is 4.46. The third-order valence-corrected chi connectivity index (χ3v) is 2.39. The fourth-order valence-corrected chi connectivity index (χ4v) is 1.81. The van der Waals surface area contributed by atoms with Crippen molar-refractivity contribution >= 4 is 12.0 Å². The summed E-state index contributed by atoms with van der Waals surface area (Å²) in [4.78, 5) is 16.3. The van der Waals surface area contributed by atoms with E-state index < -0.39 is 6.09 Å². The molecule has 0 aliphatic carbocycles. The Morgan fingerprint density at radius 3 is 3.15 bits per heavy atom. The van der Waals surface area contributed by atoms with Gasteiger partial charge in [0.05, 0.1) is 6.54 Å². The van der Waals surface area contributed by atoms with E-state index in [0.717, 1.165) is 12.8 Å². The number of rotatable bonds is 1. The molecule has 1 N–H and O–H groups in total. The van der Waals surface area contributed by atoms with Crippen LogP contribution in [0.3, 0.4) is 0 Å². The molecule has 0 aromatic carbocycles. The quantitative estimate of drug-likeness (QED) is 0.647. The van der Waals surface area contributed by atoms with E-state index >= 15 is 0 Å². The summed E-state index contributed by atoms with van der Waals surface area (Å²) in [6.07, 6.45) is 0.866. The molecule has 2 rings (SSSR count). The van der Waals surface area contributed by atoms with Gasteiger partial charge in [-0.3, -0.25) is 9.89 Å². The van der Waals surface area contributed by atoms with E-state index in [1.165, 1.54) is 4.90 Å². The molecule has 5 nitrogen and oxygen atoms in total. The summed E-state index contributed by atoms with van der Waals surface area (Å²) < 4.78 is 5.26. The highest BCUT2D eigenvalue weighted by Crippen LogP contribution is 2.20. The number of nitrogens with zero attached hydrogens (tertiary/aromatic N) is 2. The molecular weight excluding hydrogens is 172 g/mol. The smallest absolute Gasteiger partial charge is 0.407 e. The van der Waals surface area contributed by atoms with Crippen molar-refractivity contribution < 1.29 is 14.6 Å². The maximum atomic E-state index is 10.8. The van der Waals surface area contributed by atoms with E-state index in [-0.39, 0.29) is 6.04 Å². The van der Waals surface area contributed by atoms with Gasteiger partial charge in [-0.05, 0) is 12.8 Å². The molecule has 0 saturated carbocycles. The van der Waals surface area contributed by atoms with Gasteiger partial charge in [-0.15, -0.1) is 0 Å². The minimum Gasteiger partial charge on any atom is -0.478 e. The van der Waals surface area contributed by atoms with E-state index in [9.17, 15) is 4.79 Å². The Kier molecular flexibility index (Phi) is 2.08. The van der Waals surface area contributed by atoms with E-state index in [1.807, 2.05) is 0 Å². The van der Waals surface area contributed by atoms with Crippen LogP contribution in [0.5, 0.6) is 0 Å². The highest BCUT2D eigenvalue weighted by molar-refractivity contribution is 5.86. The monoisotopic (exact) mass is 184 g/mol. The molecule has 0 aromatic rings. The molecule has 1 atom stereocenters. The van der Waals surface area contributed by atoms with Crippen LogP contribution in [0.2, 0.25) is 0 Å². The number of hydrogen-bond acceptors (Lipinski definition) is 3. The molecule has 0 radical (unpaired) electrons. The zero-order valence-corrected chi connectivity index (χ0v) is 7.27. The molecule has 5 heteroatoms. The first-order chi connectivity index (χ1) is 6.29. The average molecular weight is 184 g/mol. The lowest BCUT2D eigenvalue weighted by Crippen LogP contribution is -2.39. The van der Waals surface area contributed by atoms with Crippen LogP contribution in [0.1, 0.15) is 12.8 Å². The van der Waals surface area contributed by atoms with E-state index in [0.29, 0.717) is 25.6 Å². The number of carbonyl (C=O) groups is 1. The molecule has 72 valence electrons. The van der Waals surface area contributed by atoms with Crippen molar-refractivity contribution in [2.24, 2.45) is 4.99 Å². The van der Waals surface area contributed by atoms with Crippen LogP contribution >= 0.6 is 0 Å². The average Bonchev–Trinajstić information content (AvgIpc) is 2.74. The second kappa shape index (κ2) is 3.24. The van der Waals surface area contributed by atoms with E-state index in [1.54, 1.807) is 0 Å². The summed E-state index contributed by atoms with van der Waals surface area (Å²) in [6.45, 7) is 1.86. The first kappa shape index (κ1) is 8.34. The molecule has 2 heterocycles. The van der Waals surface area contributed by atoms with Crippen LogP contribution in [0, 0.1) is 0 Å². The van der Waals surface area contributed by atoms with Crippen molar-refractivity contribution in [2.45, 2.75) is 18.9 Å². The van der Waals surface area contributed by atoms with Crippen molar-refractivity contribution in [1.29, 1.82) is 0 Å². The summed E-state index contributed by atoms with van der Waals surface area (Å²) in [5.74, 6) is 0.611. The predicted octanol–water partition coefficient (Wildman–Crippen LogP) is 0.558. The molecular formula is C8H12N2O3. The van der Waals surface area contributed by atoms with Gasteiger partial charge in [0.15, 0.2) is 0 Å². The van der Waals surface area contributed by atoms with Gasteiger partial charge < -0.3 is 9.84 Å². The highest BCUT2D eigenvalue weighted by atomic mass is 16.5. The van der Waals surface area contributed by atoms with Gasteiger partial charge in [0.25, 0.3) is 0 Å². The Labute approximate surface area is 76.0 Å². The van der Waals surface area contributed by atoms with Gasteiger partial charge in [-0.1, -0.05) is 0 Å². The number of carboxylic acid groups (broad SMARTS) is 1. The fraction of sp³-hybridized carbons (Fsp3) is 0.750. The van der Waals surface area contributed by atoms with Crippen molar-refractivity contribution in [3.63, 3.8) is 0 Å². The lowest BCUT2D eigenvalue weighted by Gasteiger charge is -2.20. The van der Waals surface area contributed by atoms with Crippen molar-refractivity contribution in [3.05, 3.63) is 0 Å². The molecule has 2 aliphatic rings. The van der Waals surface area contributed by atoms with Gasteiger partial charge in [-0.2, -0.15) is 0 Å². The highest BCUT2D eigenvalue weighted by Gasteiger charge is 2.34. The molecule has 1 fully saturated rings. The summed E-state index contributed by atoms with van der Waals surface area (Å²) in [7, 11) is 0. The second-order valence-corrected chi connectivity index (χ2v) is 3.20. The van der Waals surface area contributed by atoms with E-state index in [2.05, 4.69) is 4.99 Å². The van der Waals surface area contributed by atoms with Crippen LogP contribution in [0.15, 0.2) is 4.99 Å². The predicted molar refractivity (Wildman–Crippen MR) is 46.0 cm³/mol. The molecule has 13 heavy (non-hydrogen) atoms. The third-order valence-electron chi connectivity index (χ3n) is 2.39. The lowest BCUT2D eigenvalue weighted by molar-refractivity contribution is 0.145. The van der Waals surface area contributed by atoms with Crippen LogP contribution < -0.4 is 0 Å². The second-order valence-electron chi connectivity index (χ2n) is 3.20. The number of ether oxygens (including phenoxy) is 1. The molecule has 0 spiro atoms. The molecule has 0 aromatic heterocycles. The van der Waals surface area contributed by atoms with Gasteiger partial charge in [0, 0.05) is 6.54 Å². The Hall–Kier alpha value is -1.26. The summed E-state index contributed by atoms with van der Waals surface area (Å²) >= 11 is 0. The molecule has 1 amide bonds.